The molecule has 0 radical (unpaired) electrons. The Hall–Kier alpha value is -2.09. The second kappa shape index (κ2) is 7.65. The first-order valence-electron chi connectivity index (χ1n) is 8.21. The SMILES string of the molecule is CCO.Cn1ncc(-c2cc(Cl)c(Cl)c3[nH]c4c(c23)CC(=O)NCC4)n1. The van der Waals surface area contributed by atoms with Crippen molar-refractivity contribution in [3.63, 3.8) is 0 Å². The molecule has 0 saturated carbocycles. The van der Waals surface area contributed by atoms with Crippen molar-refractivity contribution in [2.45, 2.75) is 19.8 Å². The van der Waals surface area contributed by atoms with Gasteiger partial charge in [0.2, 0.25) is 5.91 Å². The van der Waals surface area contributed by atoms with E-state index >= 15 is 0 Å². The number of rotatable bonds is 1. The molecule has 3 heterocycles. The molecule has 0 unspecified atom stereocenters. The molecule has 0 saturated heterocycles. The third kappa shape index (κ3) is 3.42. The summed E-state index contributed by atoms with van der Waals surface area (Å²) in [5, 5.41) is 20.7. The molecule has 26 heavy (non-hydrogen) atoms. The van der Waals surface area contributed by atoms with Crippen LogP contribution in [-0.2, 0) is 24.7 Å². The first-order chi connectivity index (χ1) is 12.5. The fourth-order valence-corrected chi connectivity index (χ4v) is 3.46. The zero-order valence-corrected chi connectivity index (χ0v) is 15.9. The lowest BCUT2D eigenvalue weighted by atomic mass is 10.00. The highest BCUT2D eigenvalue weighted by atomic mass is 35.5. The van der Waals surface area contributed by atoms with E-state index in [4.69, 9.17) is 28.3 Å². The van der Waals surface area contributed by atoms with Gasteiger partial charge in [0.15, 0.2) is 0 Å². The van der Waals surface area contributed by atoms with E-state index in [1.165, 1.54) is 4.80 Å². The number of nitrogens with one attached hydrogen (secondary N) is 2. The van der Waals surface area contributed by atoms with Crippen molar-refractivity contribution in [3.05, 3.63) is 33.6 Å². The van der Waals surface area contributed by atoms with Gasteiger partial charge >= 0.3 is 0 Å². The summed E-state index contributed by atoms with van der Waals surface area (Å²) in [6.07, 6.45) is 2.71. The van der Waals surface area contributed by atoms with Gasteiger partial charge in [0.1, 0.15) is 5.69 Å². The molecule has 3 aromatic rings. The molecule has 0 bridgehead atoms. The Morgan fingerprint density at radius 3 is 2.77 bits per heavy atom. The summed E-state index contributed by atoms with van der Waals surface area (Å²) in [7, 11) is 1.75. The van der Waals surface area contributed by atoms with Crippen molar-refractivity contribution in [2.75, 3.05) is 13.2 Å². The van der Waals surface area contributed by atoms with Gasteiger partial charge in [-0.05, 0) is 18.6 Å². The number of aryl methyl sites for hydroxylation is 1. The number of halogens is 2. The standard InChI is InChI=1S/C15H13Cl2N5O.C2H6O/c1-22-19-6-11(21-22)7-4-9(16)14(17)15-13(7)8-5-12(23)18-3-2-10(8)20-15;1-2-3/h4,6,20H,2-3,5H2,1H3,(H,18,23);3H,2H2,1H3. The second-order valence-corrected chi connectivity index (χ2v) is 6.65. The van der Waals surface area contributed by atoms with Crippen LogP contribution in [0.25, 0.3) is 22.2 Å². The number of H-pyrrole nitrogens is 1. The van der Waals surface area contributed by atoms with Gasteiger partial charge in [0, 0.05) is 43.3 Å². The van der Waals surface area contributed by atoms with E-state index < -0.39 is 0 Å². The number of aliphatic hydroxyl groups is 1. The van der Waals surface area contributed by atoms with Crippen LogP contribution in [0.2, 0.25) is 10.0 Å². The van der Waals surface area contributed by atoms with Crippen molar-refractivity contribution in [2.24, 2.45) is 7.05 Å². The predicted molar refractivity (Wildman–Crippen MR) is 101 cm³/mol. The van der Waals surface area contributed by atoms with E-state index in [1.54, 1.807) is 26.2 Å². The molecule has 0 aliphatic carbocycles. The van der Waals surface area contributed by atoms with Crippen molar-refractivity contribution in [3.8, 4) is 11.3 Å². The molecule has 3 N–H and O–H groups in total. The van der Waals surface area contributed by atoms with Gasteiger partial charge in [-0.2, -0.15) is 15.0 Å². The number of carbonyl (C=O) groups excluding carboxylic acids is 1. The number of nitrogens with zero attached hydrogens (tertiary/aromatic N) is 3. The average Bonchev–Trinajstić information content (AvgIpc) is 3.12. The van der Waals surface area contributed by atoms with Crippen LogP contribution in [-0.4, -0.2) is 44.1 Å². The fraction of sp³-hybridized carbons (Fsp3) is 0.353. The van der Waals surface area contributed by atoms with Crippen molar-refractivity contribution in [1.82, 2.24) is 25.3 Å². The van der Waals surface area contributed by atoms with Crippen LogP contribution in [0.3, 0.4) is 0 Å². The predicted octanol–water partition coefficient (Wildman–Crippen LogP) is 2.48. The van der Waals surface area contributed by atoms with Crippen LogP contribution >= 0.6 is 23.2 Å². The molecule has 1 aliphatic heterocycles. The maximum Gasteiger partial charge on any atom is 0.224 e. The van der Waals surface area contributed by atoms with Gasteiger partial charge < -0.3 is 15.4 Å². The summed E-state index contributed by atoms with van der Waals surface area (Å²) < 4.78 is 0. The number of aliphatic hydroxyl groups excluding tert-OH is 1. The maximum absolute atomic E-state index is 12.0. The third-order valence-electron chi connectivity index (χ3n) is 4.07. The molecule has 2 aromatic heterocycles. The molecule has 9 heteroatoms. The summed E-state index contributed by atoms with van der Waals surface area (Å²) >= 11 is 12.7. The van der Waals surface area contributed by atoms with Gasteiger partial charge in [0.05, 0.1) is 28.2 Å². The first kappa shape index (κ1) is 18.7. The molecule has 0 spiro atoms. The number of fused-ring (bicyclic) bond motifs is 3. The Bertz CT molecular complexity index is 964. The Kier molecular flexibility index (Phi) is 5.50. The summed E-state index contributed by atoms with van der Waals surface area (Å²) in [5.41, 5.74) is 4.23. The minimum atomic E-state index is 0.000758. The van der Waals surface area contributed by atoms with Crippen molar-refractivity contribution >= 4 is 40.0 Å². The smallest absolute Gasteiger partial charge is 0.224 e. The summed E-state index contributed by atoms with van der Waals surface area (Å²) in [6, 6.07) is 1.78. The molecule has 0 fully saturated rings. The summed E-state index contributed by atoms with van der Waals surface area (Å²) in [6.45, 7) is 2.53. The minimum absolute atomic E-state index is 0.000758. The number of hydrogen-bond acceptors (Lipinski definition) is 4. The van der Waals surface area contributed by atoms with Gasteiger partial charge in [-0.1, -0.05) is 23.2 Å². The van der Waals surface area contributed by atoms with E-state index in [-0.39, 0.29) is 12.5 Å². The zero-order chi connectivity index (χ0) is 18.8. The molecule has 1 aliphatic rings. The second-order valence-electron chi connectivity index (χ2n) is 5.86. The number of aromatic nitrogens is 4. The third-order valence-corrected chi connectivity index (χ3v) is 4.86. The topological polar surface area (TPSA) is 95.8 Å². The first-order valence-corrected chi connectivity index (χ1v) is 8.97. The fourth-order valence-electron chi connectivity index (χ4n) is 3.06. The molecule has 138 valence electrons. The molecule has 1 amide bonds. The average molecular weight is 396 g/mol. The van der Waals surface area contributed by atoms with Gasteiger partial charge in [-0.3, -0.25) is 4.79 Å². The van der Waals surface area contributed by atoms with Crippen molar-refractivity contribution < 1.29 is 9.90 Å². The quantitative estimate of drug-likeness (QED) is 0.589. The molecule has 4 rings (SSSR count). The largest absolute Gasteiger partial charge is 0.397 e. The lowest BCUT2D eigenvalue weighted by Crippen LogP contribution is -2.24. The monoisotopic (exact) mass is 395 g/mol. The maximum atomic E-state index is 12.0. The molecular formula is C17H19Cl2N5O2. The Balaban J connectivity index is 0.000000613. The van der Waals surface area contributed by atoms with E-state index in [1.807, 2.05) is 0 Å². The lowest BCUT2D eigenvalue weighted by molar-refractivity contribution is -0.120. The Morgan fingerprint density at radius 1 is 1.38 bits per heavy atom. The van der Waals surface area contributed by atoms with Gasteiger partial charge in [0.25, 0.3) is 0 Å². The number of amides is 1. The number of benzene rings is 1. The van der Waals surface area contributed by atoms with E-state index in [9.17, 15) is 4.79 Å². The number of hydrogen-bond donors (Lipinski definition) is 3. The highest BCUT2D eigenvalue weighted by Gasteiger charge is 2.24. The Morgan fingerprint density at radius 2 is 2.12 bits per heavy atom. The molecule has 0 atom stereocenters. The van der Waals surface area contributed by atoms with Gasteiger partial charge in [-0.15, -0.1) is 0 Å². The van der Waals surface area contributed by atoms with Crippen LogP contribution in [0.4, 0.5) is 0 Å². The van der Waals surface area contributed by atoms with Gasteiger partial charge in [-0.25, -0.2) is 0 Å². The van der Waals surface area contributed by atoms with Crippen LogP contribution in [0.15, 0.2) is 12.3 Å². The molecule has 7 nitrogen and oxygen atoms in total. The molecule has 1 aromatic carbocycles. The number of aromatic amines is 1. The van der Waals surface area contributed by atoms with Crippen LogP contribution in [0.5, 0.6) is 0 Å². The summed E-state index contributed by atoms with van der Waals surface area (Å²) in [4.78, 5) is 16.8. The van der Waals surface area contributed by atoms with Crippen molar-refractivity contribution in [1.29, 1.82) is 0 Å². The zero-order valence-electron chi connectivity index (χ0n) is 14.4. The molecular weight excluding hydrogens is 377 g/mol. The van der Waals surface area contributed by atoms with E-state index in [2.05, 4.69) is 20.5 Å². The normalized spacial score (nSPS) is 13.7. The van der Waals surface area contributed by atoms with Crippen LogP contribution in [0, 0.1) is 0 Å². The van der Waals surface area contributed by atoms with E-state index in [0.29, 0.717) is 28.7 Å². The lowest BCUT2D eigenvalue weighted by Gasteiger charge is -2.06. The number of carbonyl (C=O) groups is 1. The Labute approximate surface area is 160 Å². The summed E-state index contributed by atoms with van der Waals surface area (Å²) in [5.74, 6) is 0.000758. The van der Waals surface area contributed by atoms with E-state index in [0.717, 1.165) is 34.1 Å². The minimum Gasteiger partial charge on any atom is -0.397 e. The highest BCUT2D eigenvalue weighted by molar-refractivity contribution is 6.45. The van der Waals surface area contributed by atoms with Crippen LogP contribution < -0.4 is 5.32 Å². The highest BCUT2D eigenvalue weighted by Crippen LogP contribution is 2.40. The van der Waals surface area contributed by atoms with Crippen LogP contribution in [0.1, 0.15) is 18.2 Å².